The lowest BCUT2D eigenvalue weighted by molar-refractivity contribution is -0.145. The summed E-state index contributed by atoms with van der Waals surface area (Å²) in [5, 5.41) is 9.86. The van der Waals surface area contributed by atoms with Gasteiger partial charge in [0.1, 0.15) is 0 Å². The number of thioether (sulfide) groups is 1. The van der Waals surface area contributed by atoms with E-state index in [2.05, 4.69) is 9.97 Å². The zero-order valence-electron chi connectivity index (χ0n) is 13.8. The molecule has 2 rings (SSSR count). The van der Waals surface area contributed by atoms with Crippen LogP contribution in [-0.2, 0) is 16.0 Å². The number of rotatable bonds is 5. The number of aromatic nitrogens is 2. The fourth-order valence-electron chi connectivity index (χ4n) is 2.96. The number of amides is 1. The minimum atomic E-state index is -0.810. The number of carboxylic acids is 1. The van der Waals surface area contributed by atoms with Crippen molar-refractivity contribution in [2.75, 3.05) is 19.3 Å². The van der Waals surface area contributed by atoms with Crippen molar-refractivity contribution in [2.24, 2.45) is 5.92 Å². The lowest BCUT2D eigenvalue weighted by atomic mass is 9.97. The van der Waals surface area contributed by atoms with Gasteiger partial charge in [-0.25, -0.2) is 9.97 Å². The minimum absolute atomic E-state index is 0.0173. The summed E-state index contributed by atoms with van der Waals surface area (Å²) in [5.74, 6) is -1.22. The van der Waals surface area contributed by atoms with Gasteiger partial charge in [0.2, 0.25) is 5.91 Å². The number of piperidine rings is 1. The number of hydrogen-bond acceptors (Lipinski definition) is 5. The monoisotopic (exact) mass is 337 g/mol. The fourth-order valence-corrected chi connectivity index (χ4v) is 3.41. The molecular weight excluding hydrogens is 314 g/mol. The Balaban J connectivity index is 1.98. The van der Waals surface area contributed by atoms with Gasteiger partial charge in [-0.3, -0.25) is 9.59 Å². The molecule has 0 spiro atoms. The van der Waals surface area contributed by atoms with E-state index in [0.717, 1.165) is 28.5 Å². The second kappa shape index (κ2) is 7.77. The third kappa shape index (κ3) is 4.43. The molecule has 1 aromatic rings. The Morgan fingerprint density at radius 2 is 1.96 bits per heavy atom. The van der Waals surface area contributed by atoms with E-state index in [0.29, 0.717) is 32.4 Å². The number of aryl methyl sites for hydroxylation is 2. The van der Waals surface area contributed by atoms with Crippen molar-refractivity contribution in [3.8, 4) is 0 Å². The van der Waals surface area contributed by atoms with Crippen molar-refractivity contribution in [1.82, 2.24) is 14.9 Å². The number of likely N-dealkylation sites (tertiary alicyclic amines) is 1. The van der Waals surface area contributed by atoms with Crippen molar-refractivity contribution in [3.05, 3.63) is 17.0 Å². The first-order valence-corrected chi connectivity index (χ1v) is 9.03. The van der Waals surface area contributed by atoms with Crippen molar-refractivity contribution in [2.45, 2.75) is 44.7 Å². The average Bonchev–Trinajstić information content (AvgIpc) is 2.53. The van der Waals surface area contributed by atoms with E-state index < -0.39 is 11.9 Å². The van der Waals surface area contributed by atoms with Gasteiger partial charge in [0.15, 0.2) is 5.16 Å². The van der Waals surface area contributed by atoms with Crippen LogP contribution in [0.15, 0.2) is 5.16 Å². The molecule has 1 N–H and O–H groups in total. The van der Waals surface area contributed by atoms with Crippen LogP contribution in [0.3, 0.4) is 0 Å². The molecule has 7 heteroatoms. The SMILES string of the molecule is CSc1nc(C)c(CCC(=O)N2CCCC(C(=O)O)C2)c(C)n1. The lowest BCUT2D eigenvalue weighted by Crippen LogP contribution is -2.42. The largest absolute Gasteiger partial charge is 0.481 e. The van der Waals surface area contributed by atoms with E-state index in [9.17, 15) is 9.59 Å². The van der Waals surface area contributed by atoms with Gasteiger partial charge in [-0.15, -0.1) is 0 Å². The molecule has 1 aliphatic heterocycles. The first-order chi connectivity index (χ1) is 10.9. The van der Waals surface area contributed by atoms with Crippen LogP contribution >= 0.6 is 11.8 Å². The molecule has 1 fully saturated rings. The third-order valence-electron chi connectivity index (χ3n) is 4.29. The van der Waals surface area contributed by atoms with Gasteiger partial charge in [0, 0.05) is 30.9 Å². The Bertz CT molecular complexity index is 583. The molecule has 0 saturated carbocycles. The van der Waals surface area contributed by atoms with Gasteiger partial charge in [-0.05, 0) is 44.9 Å². The molecule has 23 heavy (non-hydrogen) atoms. The summed E-state index contributed by atoms with van der Waals surface area (Å²) in [6.07, 6.45) is 4.32. The van der Waals surface area contributed by atoms with Crippen LogP contribution < -0.4 is 0 Å². The van der Waals surface area contributed by atoms with Crippen molar-refractivity contribution < 1.29 is 14.7 Å². The normalized spacial score (nSPS) is 18.0. The molecule has 0 aromatic carbocycles. The highest BCUT2D eigenvalue weighted by Gasteiger charge is 2.28. The zero-order valence-corrected chi connectivity index (χ0v) is 14.7. The quantitative estimate of drug-likeness (QED) is 0.654. The Kier molecular flexibility index (Phi) is 5.98. The van der Waals surface area contributed by atoms with E-state index >= 15 is 0 Å². The Morgan fingerprint density at radius 1 is 1.30 bits per heavy atom. The van der Waals surface area contributed by atoms with Crippen LogP contribution in [0.5, 0.6) is 0 Å². The topological polar surface area (TPSA) is 83.4 Å². The molecule has 0 radical (unpaired) electrons. The highest BCUT2D eigenvalue weighted by Crippen LogP contribution is 2.20. The number of aliphatic carboxylic acids is 1. The molecule has 0 bridgehead atoms. The first-order valence-electron chi connectivity index (χ1n) is 7.81. The van der Waals surface area contributed by atoms with Crippen LogP contribution in [0.1, 0.15) is 36.2 Å². The van der Waals surface area contributed by atoms with Gasteiger partial charge in [0.05, 0.1) is 5.92 Å². The molecule has 6 nitrogen and oxygen atoms in total. The summed E-state index contributed by atoms with van der Waals surface area (Å²) < 4.78 is 0. The van der Waals surface area contributed by atoms with Crippen molar-refractivity contribution in [1.29, 1.82) is 0 Å². The summed E-state index contributed by atoms with van der Waals surface area (Å²) in [6, 6.07) is 0. The predicted molar refractivity (Wildman–Crippen MR) is 88.5 cm³/mol. The second-order valence-corrected chi connectivity index (χ2v) is 6.65. The zero-order chi connectivity index (χ0) is 17.0. The molecular formula is C16H23N3O3S. The number of carbonyl (C=O) groups excluding carboxylic acids is 1. The predicted octanol–water partition coefficient (Wildman–Crippen LogP) is 2.07. The molecule has 1 aliphatic rings. The third-order valence-corrected chi connectivity index (χ3v) is 4.84. The van der Waals surface area contributed by atoms with Gasteiger partial charge in [0.25, 0.3) is 0 Å². The van der Waals surface area contributed by atoms with Crippen molar-refractivity contribution in [3.63, 3.8) is 0 Å². The van der Waals surface area contributed by atoms with Crippen LogP contribution in [-0.4, -0.2) is 51.2 Å². The maximum atomic E-state index is 12.4. The molecule has 2 heterocycles. The molecule has 1 atom stereocenters. The maximum absolute atomic E-state index is 12.4. The highest BCUT2D eigenvalue weighted by molar-refractivity contribution is 7.98. The first kappa shape index (κ1) is 17.7. The van der Waals surface area contributed by atoms with Gasteiger partial charge in [-0.2, -0.15) is 0 Å². The maximum Gasteiger partial charge on any atom is 0.308 e. The van der Waals surface area contributed by atoms with E-state index in [4.69, 9.17) is 5.11 Å². The summed E-state index contributed by atoms with van der Waals surface area (Å²) in [6.45, 7) is 4.86. The second-order valence-electron chi connectivity index (χ2n) is 5.88. The summed E-state index contributed by atoms with van der Waals surface area (Å²) in [4.78, 5) is 34.0. The molecule has 1 aromatic heterocycles. The number of carboxylic acid groups (broad SMARTS) is 1. The Hall–Kier alpha value is -1.63. The Labute approximate surface area is 140 Å². The molecule has 1 unspecified atom stereocenters. The molecule has 0 aliphatic carbocycles. The minimum Gasteiger partial charge on any atom is -0.481 e. The number of carbonyl (C=O) groups is 2. The standard InChI is InChI=1S/C16H23N3O3S/c1-10-13(11(2)18-16(17-10)23-3)6-7-14(20)19-8-4-5-12(9-19)15(21)22/h12H,4-9H2,1-3H3,(H,21,22). The molecule has 126 valence electrons. The van der Waals surface area contributed by atoms with E-state index in [1.165, 1.54) is 11.8 Å². The van der Waals surface area contributed by atoms with E-state index in [-0.39, 0.29) is 5.91 Å². The number of nitrogens with zero attached hydrogens (tertiary/aromatic N) is 3. The average molecular weight is 337 g/mol. The van der Waals surface area contributed by atoms with E-state index in [1.807, 2.05) is 20.1 Å². The fraction of sp³-hybridized carbons (Fsp3) is 0.625. The Morgan fingerprint density at radius 3 is 2.52 bits per heavy atom. The smallest absolute Gasteiger partial charge is 0.308 e. The van der Waals surface area contributed by atoms with Gasteiger partial charge < -0.3 is 10.0 Å². The van der Waals surface area contributed by atoms with Crippen LogP contribution in [0.2, 0.25) is 0 Å². The summed E-state index contributed by atoms with van der Waals surface area (Å²) in [5.41, 5.74) is 2.84. The summed E-state index contributed by atoms with van der Waals surface area (Å²) >= 11 is 1.50. The summed E-state index contributed by atoms with van der Waals surface area (Å²) in [7, 11) is 0. The van der Waals surface area contributed by atoms with Crippen LogP contribution in [0, 0.1) is 19.8 Å². The highest BCUT2D eigenvalue weighted by atomic mass is 32.2. The van der Waals surface area contributed by atoms with Gasteiger partial charge >= 0.3 is 5.97 Å². The molecule has 1 amide bonds. The lowest BCUT2D eigenvalue weighted by Gasteiger charge is -2.30. The van der Waals surface area contributed by atoms with E-state index in [1.54, 1.807) is 4.90 Å². The van der Waals surface area contributed by atoms with Gasteiger partial charge in [-0.1, -0.05) is 11.8 Å². The van der Waals surface area contributed by atoms with Crippen LogP contribution in [0.25, 0.3) is 0 Å². The number of hydrogen-bond donors (Lipinski definition) is 1. The van der Waals surface area contributed by atoms with Crippen molar-refractivity contribution >= 4 is 23.6 Å². The molecule has 1 saturated heterocycles. The van der Waals surface area contributed by atoms with Crippen LogP contribution in [0.4, 0.5) is 0 Å².